The Morgan fingerprint density at radius 3 is 1.18 bits per heavy atom. The molecular formula is B2Cl2LaO5Sr+. The van der Waals surface area contributed by atoms with E-state index in [2.05, 4.69) is 27.5 Å². The summed E-state index contributed by atoms with van der Waals surface area (Å²) in [7, 11) is -2.35. The monoisotopic (exact) mass is 399 g/mol. The summed E-state index contributed by atoms with van der Waals surface area (Å²) in [6, 6.07) is 0. The number of hydrogen-bond donors (Lipinski definition) is 0. The van der Waals surface area contributed by atoms with Crippen LogP contribution in [0.2, 0.25) is 0 Å². The smallest absolute Gasteiger partial charge is 0.881 e. The molecule has 11 heavy (non-hydrogen) atoms. The molecule has 0 radical (unpaired) electrons. The molecule has 0 aliphatic rings. The van der Waals surface area contributed by atoms with Crippen molar-refractivity contribution in [3.05, 3.63) is 0 Å². The summed E-state index contributed by atoms with van der Waals surface area (Å²) < 4.78 is 3.11. The van der Waals surface area contributed by atoms with E-state index in [4.69, 9.17) is 20.1 Å². The molecule has 0 saturated carbocycles. The van der Waals surface area contributed by atoms with Gasteiger partial charge in [0.2, 0.25) is 0 Å². The van der Waals surface area contributed by atoms with Crippen LogP contribution in [0.25, 0.3) is 0 Å². The number of halogens is 2. The Morgan fingerprint density at radius 2 is 1.18 bits per heavy atom. The fourth-order valence-corrected chi connectivity index (χ4v) is 0. The topological polar surface area (TPSA) is 101 Å². The van der Waals surface area contributed by atoms with Crippen LogP contribution in [0.1, 0.15) is 0 Å². The molecular weight excluding hydrogens is 399 g/mol. The van der Waals surface area contributed by atoms with Gasteiger partial charge in [0.15, 0.2) is 0 Å². The molecule has 0 aromatic rings. The minimum Gasteiger partial charge on any atom is -0.881 e. The predicted octanol–water partition coefficient (Wildman–Crippen LogP) is -4.59. The second kappa shape index (κ2) is 18.9. The van der Waals surface area contributed by atoms with Crippen LogP contribution < -0.4 is 20.1 Å². The first-order chi connectivity index (χ1) is 4.00. The molecule has 5 nitrogen and oxygen atoms in total. The van der Waals surface area contributed by atoms with Crippen LogP contribution in [0.3, 0.4) is 0 Å². The second-order valence-corrected chi connectivity index (χ2v) is 1.19. The van der Waals surface area contributed by atoms with Crippen LogP contribution in [0.4, 0.5) is 0 Å². The largest absolute Gasteiger partial charge is 3.00 e. The van der Waals surface area contributed by atoms with Gasteiger partial charge >= 0.3 is 81.1 Å². The van der Waals surface area contributed by atoms with Crippen molar-refractivity contribution in [3.8, 4) is 0 Å². The Morgan fingerprint density at radius 1 is 1.09 bits per heavy atom. The maximum absolute atomic E-state index is 8.99. The SMILES string of the molecule is [La+3].[O-]B([O-])Cl.[O-]B([O-])OCl.[Sr+2]. The van der Waals surface area contributed by atoms with Crippen molar-refractivity contribution < 1.29 is 59.9 Å². The molecule has 0 fully saturated rings. The molecule has 0 saturated heterocycles. The molecule has 0 spiro atoms. The van der Waals surface area contributed by atoms with E-state index < -0.39 is 13.9 Å². The summed E-state index contributed by atoms with van der Waals surface area (Å²) in [5, 5.41) is 35.4. The summed E-state index contributed by atoms with van der Waals surface area (Å²) in [5.74, 6) is 0. The maximum Gasteiger partial charge on any atom is 3.00 e. The Labute approximate surface area is 140 Å². The van der Waals surface area contributed by atoms with E-state index in [1.807, 2.05) is 0 Å². The van der Waals surface area contributed by atoms with Crippen molar-refractivity contribution in [1.29, 1.82) is 0 Å². The van der Waals surface area contributed by atoms with E-state index in [9.17, 15) is 0 Å². The van der Waals surface area contributed by atoms with E-state index in [0.717, 1.165) is 0 Å². The predicted molar refractivity (Wildman–Crippen MR) is 30.1 cm³/mol. The van der Waals surface area contributed by atoms with Gasteiger partial charge in [-0.15, -0.1) is 0 Å². The molecule has 0 bridgehead atoms. The molecule has 11 heteroatoms. The van der Waals surface area contributed by atoms with Crippen molar-refractivity contribution in [1.82, 2.24) is 0 Å². The van der Waals surface area contributed by atoms with Gasteiger partial charge in [-0.05, 0) is 0 Å². The molecule has 0 aliphatic heterocycles. The summed E-state index contributed by atoms with van der Waals surface area (Å²) >= 11 is 8.38. The molecule has 0 aliphatic carbocycles. The summed E-state index contributed by atoms with van der Waals surface area (Å²) in [4.78, 5) is 0. The van der Waals surface area contributed by atoms with Crippen LogP contribution in [0, 0.1) is 35.6 Å². The van der Waals surface area contributed by atoms with Gasteiger partial charge in [-0.2, -0.15) is 0 Å². The van der Waals surface area contributed by atoms with Crippen LogP contribution in [0.5, 0.6) is 0 Å². The summed E-state index contributed by atoms with van der Waals surface area (Å²) in [5.41, 5.74) is 0. The van der Waals surface area contributed by atoms with Crippen LogP contribution in [-0.2, 0) is 4.21 Å². The van der Waals surface area contributed by atoms with Gasteiger partial charge < -0.3 is 24.3 Å². The zero-order chi connectivity index (χ0) is 7.86. The van der Waals surface area contributed by atoms with Gasteiger partial charge in [-0.3, -0.25) is 0 Å². The zero-order valence-corrected chi connectivity index (χ0v) is 13.9. The Kier molecular flexibility index (Phi) is 40.8. The molecule has 0 aromatic heterocycles. The Balaban J connectivity index is -0.0000000383. The third-order valence-electron chi connectivity index (χ3n) is 0.0727. The molecule has 0 unspecified atom stereocenters. The van der Waals surface area contributed by atoms with E-state index in [1.54, 1.807) is 0 Å². The molecule has 0 aromatic carbocycles. The molecule has 54 valence electrons. The van der Waals surface area contributed by atoms with Crippen molar-refractivity contribution in [2.24, 2.45) is 0 Å². The van der Waals surface area contributed by atoms with Gasteiger partial charge in [0.25, 0.3) is 0 Å². The third-order valence-corrected chi connectivity index (χ3v) is 0.218. The van der Waals surface area contributed by atoms with Crippen molar-refractivity contribution in [2.45, 2.75) is 0 Å². The van der Waals surface area contributed by atoms with Gasteiger partial charge in [-0.25, -0.2) is 11.5 Å². The van der Waals surface area contributed by atoms with E-state index in [1.165, 1.54) is 0 Å². The first kappa shape index (κ1) is 23.8. The van der Waals surface area contributed by atoms with Gasteiger partial charge in [0, 0.05) is 18.4 Å². The molecule has 0 heterocycles. The van der Waals surface area contributed by atoms with Crippen LogP contribution in [-0.4, -0.2) is 59.3 Å². The Bertz CT molecular complexity index is 55.0. The Hall–Kier alpha value is 3.19. The summed E-state index contributed by atoms with van der Waals surface area (Å²) in [6.45, 7) is -2.19. The number of hydrogen-bond acceptors (Lipinski definition) is 5. The third kappa shape index (κ3) is 61.4. The minimum atomic E-state index is -2.35. The zero-order valence-electron chi connectivity index (χ0n) is 5.24. The molecule has 0 amide bonds. The average Bonchev–Trinajstić information content (AvgIpc) is 1.65. The quantitative estimate of drug-likeness (QED) is 0.414. The number of rotatable bonds is 1. The van der Waals surface area contributed by atoms with E-state index in [0.29, 0.717) is 0 Å². The fourth-order valence-electron chi connectivity index (χ4n) is 0. The second-order valence-electron chi connectivity index (χ2n) is 0.652. The summed E-state index contributed by atoms with van der Waals surface area (Å²) in [6.07, 6.45) is 0. The first-order valence-electron chi connectivity index (χ1n) is 1.55. The first-order valence-corrected chi connectivity index (χ1v) is 2.30. The van der Waals surface area contributed by atoms with Gasteiger partial charge in [0.05, 0.1) is 7.32 Å². The standard InChI is InChI=1S/BClO3.BClO2.La.Sr/c2-5-1(3)4;2-1(3)4;;/q2*-2;+3;+2. The van der Waals surface area contributed by atoms with Gasteiger partial charge in [-0.1, -0.05) is 0 Å². The van der Waals surface area contributed by atoms with Crippen LogP contribution in [0.15, 0.2) is 0 Å². The maximum atomic E-state index is 8.99. The molecule has 0 N–H and O–H groups in total. The normalized spacial score (nSPS) is 6.00. The molecule has 0 atom stereocenters. The van der Waals surface area contributed by atoms with Crippen molar-refractivity contribution in [2.75, 3.05) is 0 Å². The average molecular weight is 399 g/mol. The molecule has 0 rings (SSSR count). The minimum absolute atomic E-state index is 0. The van der Waals surface area contributed by atoms with E-state index >= 15 is 0 Å². The van der Waals surface area contributed by atoms with Crippen LogP contribution >= 0.6 is 23.3 Å². The van der Waals surface area contributed by atoms with Gasteiger partial charge in [0.1, 0.15) is 0 Å². The van der Waals surface area contributed by atoms with E-state index in [-0.39, 0.29) is 81.1 Å². The fraction of sp³-hybridized carbons (Fsp3) is 0. The van der Waals surface area contributed by atoms with Crippen molar-refractivity contribution >= 4 is 82.7 Å². The van der Waals surface area contributed by atoms with Crippen molar-refractivity contribution in [3.63, 3.8) is 0 Å².